The van der Waals surface area contributed by atoms with Crippen LogP contribution in [0.1, 0.15) is 44.5 Å². The van der Waals surface area contributed by atoms with E-state index in [1.54, 1.807) is 12.1 Å². The molecule has 0 unspecified atom stereocenters. The second-order valence-corrected chi connectivity index (χ2v) is 6.96. The molecule has 2 aromatic heterocycles. The minimum atomic E-state index is -4.57. The first-order valence-corrected chi connectivity index (χ1v) is 9.32. The Morgan fingerprint density at radius 3 is 2.60 bits per heavy atom. The molecule has 0 bridgehead atoms. The standard InChI is InChI=1S/C17H19F3N4S/c1-3-5-9-25-15-14-22-23-16(17(18,19)20)24(14)13-10-11(6-4-2)7-8-12(13)21-15/h7-8,10H,3-6,9H2,1-2H3. The Labute approximate surface area is 147 Å². The minimum Gasteiger partial charge on any atom is -0.267 e. The summed E-state index contributed by atoms with van der Waals surface area (Å²) >= 11 is 1.43. The van der Waals surface area contributed by atoms with E-state index < -0.39 is 12.0 Å². The number of fused-ring (bicyclic) bond motifs is 3. The molecule has 3 rings (SSSR count). The van der Waals surface area contributed by atoms with Crippen LogP contribution in [0.15, 0.2) is 23.2 Å². The first kappa shape index (κ1) is 18.0. The van der Waals surface area contributed by atoms with Crippen LogP contribution in [0.25, 0.3) is 16.7 Å². The number of aromatic nitrogens is 4. The highest BCUT2D eigenvalue weighted by molar-refractivity contribution is 7.99. The van der Waals surface area contributed by atoms with Gasteiger partial charge >= 0.3 is 6.18 Å². The van der Waals surface area contributed by atoms with Crippen molar-refractivity contribution in [3.8, 4) is 0 Å². The third-order valence-corrected chi connectivity index (χ3v) is 4.93. The van der Waals surface area contributed by atoms with Crippen LogP contribution in [0, 0.1) is 0 Å². The molecule has 0 fully saturated rings. The number of unbranched alkanes of at least 4 members (excludes halogenated alkanes) is 1. The largest absolute Gasteiger partial charge is 0.452 e. The molecule has 3 aromatic rings. The highest BCUT2D eigenvalue weighted by Crippen LogP contribution is 2.33. The van der Waals surface area contributed by atoms with Crippen molar-refractivity contribution >= 4 is 28.4 Å². The summed E-state index contributed by atoms with van der Waals surface area (Å²) in [6, 6.07) is 5.46. The number of hydrogen-bond acceptors (Lipinski definition) is 4. The van der Waals surface area contributed by atoms with E-state index in [2.05, 4.69) is 22.1 Å². The van der Waals surface area contributed by atoms with Gasteiger partial charge in [0.15, 0.2) is 5.65 Å². The molecule has 0 radical (unpaired) electrons. The van der Waals surface area contributed by atoms with Crippen LogP contribution in [0.2, 0.25) is 0 Å². The molecular formula is C17H19F3N4S. The van der Waals surface area contributed by atoms with Crippen molar-refractivity contribution in [3.63, 3.8) is 0 Å². The Bertz CT molecular complexity index is 889. The van der Waals surface area contributed by atoms with Crippen molar-refractivity contribution in [2.75, 3.05) is 5.75 Å². The van der Waals surface area contributed by atoms with Crippen LogP contribution in [0.5, 0.6) is 0 Å². The fraction of sp³-hybridized carbons (Fsp3) is 0.471. The summed E-state index contributed by atoms with van der Waals surface area (Å²) in [5.41, 5.74) is 2.08. The predicted molar refractivity (Wildman–Crippen MR) is 92.9 cm³/mol. The smallest absolute Gasteiger partial charge is 0.267 e. The Kier molecular flexibility index (Phi) is 5.17. The number of rotatable bonds is 6. The molecule has 0 atom stereocenters. The molecule has 0 aliphatic carbocycles. The number of thioether (sulfide) groups is 1. The van der Waals surface area contributed by atoms with Crippen LogP contribution in [-0.2, 0) is 12.6 Å². The molecule has 0 saturated heterocycles. The molecule has 2 heterocycles. The van der Waals surface area contributed by atoms with Gasteiger partial charge in [-0.15, -0.1) is 22.0 Å². The fourth-order valence-electron chi connectivity index (χ4n) is 2.69. The van der Waals surface area contributed by atoms with E-state index in [0.717, 1.165) is 41.4 Å². The third kappa shape index (κ3) is 3.58. The molecule has 0 amide bonds. The first-order chi connectivity index (χ1) is 12.0. The van der Waals surface area contributed by atoms with E-state index in [4.69, 9.17) is 0 Å². The van der Waals surface area contributed by atoms with Crippen LogP contribution in [-0.4, -0.2) is 25.3 Å². The number of alkyl halides is 3. The van der Waals surface area contributed by atoms with E-state index in [0.29, 0.717) is 16.1 Å². The van der Waals surface area contributed by atoms with Gasteiger partial charge in [0.1, 0.15) is 5.03 Å². The van der Waals surface area contributed by atoms with Gasteiger partial charge in [-0.2, -0.15) is 13.2 Å². The van der Waals surface area contributed by atoms with Crippen LogP contribution in [0.4, 0.5) is 13.2 Å². The van der Waals surface area contributed by atoms with Crippen molar-refractivity contribution in [1.82, 2.24) is 19.6 Å². The van der Waals surface area contributed by atoms with E-state index in [9.17, 15) is 13.2 Å². The quantitative estimate of drug-likeness (QED) is 0.446. The van der Waals surface area contributed by atoms with Gasteiger partial charge in [-0.3, -0.25) is 4.40 Å². The van der Waals surface area contributed by atoms with Gasteiger partial charge < -0.3 is 0 Å². The molecular weight excluding hydrogens is 349 g/mol. The van der Waals surface area contributed by atoms with E-state index in [-0.39, 0.29) is 5.65 Å². The van der Waals surface area contributed by atoms with Crippen molar-refractivity contribution in [3.05, 3.63) is 29.6 Å². The zero-order valence-corrected chi connectivity index (χ0v) is 14.9. The summed E-state index contributed by atoms with van der Waals surface area (Å²) in [4.78, 5) is 4.54. The molecule has 1 aromatic carbocycles. The number of aryl methyl sites for hydroxylation is 1. The van der Waals surface area contributed by atoms with E-state index in [1.807, 2.05) is 13.0 Å². The lowest BCUT2D eigenvalue weighted by atomic mass is 10.1. The molecule has 0 N–H and O–H groups in total. The van der Waals surface area contributed by atoms with Crippen LogP contribution >= 0.6 is 11.8 Å². The number of halogens is 3. The van der Waals surface area contributed by atoms with Gasteiger partial charge in [0.2, 0.25) is 5.82 Å². The average Bonchev–Trinajstić information content (AvgIpc) is 3.01. The molecule has 4 nitrogen and oxygen atoms in total. The number of nitrogens with zero attached hydrogens (tertiary/aromatic N) is 4. The monoisotopic (exact) mass is 368 g/mol. The third-order valence-electron chi connectivity index (χ3n) is 3.89. The lowest BCUT2D eigenvalue weighted by Gasteiger charge is -2.11. The maximum Gasteiger partial charge on any atom is 0.452 e. The Morgan fingerprint density at radius 2 is 1.92 bits per heavy atom. The molecule has 8 heteroatoms. The summed E-state index contributed by atoms with van der Waals surface area (Å²) in [7, 11) is 0. The van der Waals surface area contributed by atoms with Crippen molar-refractivity contribution < 1.29 is 13.2 Å². The van der Waals surface area contributed by atoms with Gasteiger partial charge in [-0.1, -0.05) is 32.8 Å². The molecule has 25 heavy (non-hydrogen) atoms. The van der Waals surface area contributed by atoms with Crippen molar-refractivity contribution in [2.24, 2.45) is 0 Å². The van der Waals surface area contributed by atoms with Gasteiger partial charge in [-0.25, -0.2) is 4.98 Å². The van der Waals surface area contributed by atoms with Gasteiger partial charge in [0.25, 0.3) is 0 Å². The summed E-state index contributed by atoms with van der Waals surface area (Å²) in [6.45, 7) is 4.10. The summed E-state index contributed by atoms with van der Waals surface area (Å²) in [5, 5.41) is 7.71. The normalized spacial score (nSPS) is 12.4. The van der Waals surface area contributed by atoms with E-state index in [1.165, 1.54) is 11.8 Å². The van der Waals surface area contributed by atoms with Crippen LogP contribution < -0.4 is 0 Å². The average molecular weight is 368 g/mol. The second-order valence-electron chi connectivity index (χ2n) is 5.87. The van der Waals surface area contributed by atoms with Gasteiger partial charge in [0, 0.05) is 0 Å². The van der Waals surface area contributed by atoms with Gasteiger partial charge in [0.05, 0.1) is 11.0 Å². The predicted octanol–water partition coefficient (Wildman–Crippen LogP) is 5.14. The first-order valence-electron chi connectivity index (χ1n) is 8.33. The van der Waals surface area contributed by atoms with Crippen molar-refractivity contribution in [2.45, 2.75) is 50.7 Å². The van der Waals surface area contributed by atoms with Crippen LogP contribution in [0.3, 0.4) is 0 Å². The Balaban J connectivity index is 2.25. The lowest BCUT2D eigenvalue weighted by Crippen LogP contribution is -2.12. The van der Waals surface area contributed by atoms with Crippen molar-refractivity contribution in [1.29, 1.82) is 0 Å². The minimum absolute atomic E-state index is 0.176. The maximum absolute atomic E-state index is 13.4. The number of benzene rings is 1. The fourth-order valence-corrected chi connectivity index (χ4v) is 3.74. The molecule has 0 aliphatic rings. The van der Waals surface area contributed by atoms with Gasteiger partial charge in [-0.05, 0) is 36.3 Å². The maximum atomic E-state index is 13.4. The summed E-state index contributed by atoms with van der Waals surface area (Å²) < 4.78 is 41.4. The van der Waals surface area contributed by atoms with E-state index >= 15 is 0 Å². The highest BCUT2D eigenvalue weighted by atomic mass is 32.2. The lowest BCUT2D eigenvalue weighted by molar-refractivity contribution is -0.145. The Morgan fingerprint density at radius 1 is 1.12 bits per heavy atom. The summed E-state index contributed by atoms with van der Waals surface area (Å²) in [6.07, 6.45) is -0.876. The Hall–Kier alpha value is -1.83. The zero-order chi connectivity index (χ0) is 18.0. The number of hydrogen-bond donors (Lipinski definition) is 0. The topological polar surface area (TPSA) is 43.1 Å². The molecule has 134 valence electrons. The molecule has 0 saturated carbocycles. The molecule has 0 aliphatic heterocycles. The second kappa shape index (κ2) is 7.19. The zero-order valence-electron chi connectivity index (χ0n) is 14.1. The SMILES string of the molecule is CCCCSc1nc2ccc(CCC)cc2n2c(C(F)(F)F)nnc12. The summed E-state index contributed by atoms with van der Waals surface area (Å²) in [5.74, 6) is -0.215. The molecule has 0 spiro atoms. The highest BCUT2D eigenvalue weighted by Gasteiger charge is 2.38.